The Morgan fingerprint density at radius 1 is 1.47 bits per heavy atom. The second-order valence-electron chi connectivity index (χ2n) is 4.83. The van der Waals surface area contributed by atoms with Crippen LogP contribution in [0.5, 0.6) is 0 Å². The molecule has 1 fully saturated rings. The lowest BCUT2D eigenvalue weighted by Crippen LogP contribution is -2.34. The number of nitrogens with one attached hydrogen (secondary N) is 1. The Bertz CT molecular complexity index is 656. The minimum Gasteiger partial charge on any atom is -0.347 e. The maximum atomic E-state index is 12.1. The van der Waals surface area contributed by atoms with E-state index < -0.39 is 15.9 Å². The Kier molecular flexibility index (Phi) is 3.68. The van der Waals surface area contributed by atoms with E-state index in [1.807, 2.05) is 6.92 Å². The number of amides is 1. The first-order chi connectivity index (χ1) is 8.62. The maximum absolute atomic E-state index is 12.1. The minimum atomic E-state index is -3.89. The van der Waals surface area contributed by atoms with Crippen LogP contribution in [-0.4, -0.2) is 19.9 Å². The van der Waals surface area contributed by atoms with Crippen molar-refractivity contribution in [1.29, 1.82) is 0 Å². The Morgan fingerprint density at radius 3 is 2.53 bits per heavy atom. The Balaban J connectivity index is 2.44. The summed E-state index contributed by atoms with van der Waals surface area (Å²) in [7, 11) is -3.89. The summed E-state index contributed by atoms with van der Waals surface area (Å²) >= 11 is 9.14. The molecule has 0 aromatic heterocycles. The molecule has 0 unspecified atom stereocenters. The number of sulfonamides is 1. The molecule has 1 aromatic rings. The molecule has 0 bridgehead atoms. The lowest BCUT2D eigenvalue weighted by atomic mass is 10.2. The molecular weight excluding hydrogens is 356 g/mol. The molecular formula is C11H12BrClN2O3S. The van der Waals surface area contributed by atoms with Gasteiger partial charge in [0.15, 0.2) is 0 Å². The molecule has 1 amide bonds. The second-order valence-corrected chi connectivity index (χ2v) is 7.62. The number of nitrogens with two attached hydrogens (primary N) is 1. The van der Waals surface area contributed by atoms with E-state index in [1.165, 1.54) is 12.1 Å². The van der Waals surface area contributed by atoms with Crippen molar-refractivity contribution >= 4 is 43.5 Å². The predicted octanol–water partition coefficient (Wildman–Crippen LogP) is 2.03. The van der Waals surface area contributed by atoms with E-state index >= 15 is 0 Å². The van der Waals surface area contributed by atoms with Gasteiger partial charge in [0.1, 0.15) is 0 Å². The summed E-state index contributed by atoms with van der Waals surface area (Å²) in [5, 5.41) is 8.04. The summed E-state index contributed by atoms with van der Waals surface area (Å²) in [5.74, 6) is -0.406. The molecule has 0 saturated heterocycles. The van der Waals surface area contributed by atoms with Gasteiger partial charge in [0, 0.05) is 10.0 Å². The van der Waals surface area contributed by atoms with E-state index in [0.717, 1.165) is 12.8 Å². The molecule has 1 aliphatic rings. The van der Waals surface area contributed by atoms with Gasteiger partial charge in [0.05, 0.1) is 15.5 Å². The lowest BCUT2D eigenvalue weighted by Gasteiger charge is -2.13. The Labute approximate surface area is 124 Å². The Morgan fingerprint density at radius 2 is 2.05 bits per heavy atom. The number of primary sulfonamides is 1. The van der Waals surface area contributed by atoms with Crippen LogP contribution < -0.4 is 10.5 Å². The zero-order valence-corrected chi connectivity index (χ0v) is 13.2. The number of carbonyl (C=O) groups excluding carboxylic acids is 1. The maximum Gasteiger partial charge on any atom is 0.253 e. The van der Waals surface area contributed by atoms with Crippen LogP contribution in [0.2, 0.25) is 5.02 Å². The SMILES string of the molecule is CC1(NC(=O)c2cc(S(N)(=O)=O)cc(Br)c2Cl)CC1. The fraction of sp³-hybridized carbons (Fsp3) is 0.364. The quantitative estimate of drug-likeness (QED) is 0.856. The van der Waals surface area contributed by atoms with Gasteiger partial charge in [-0.2, -0.15) is 0 Å². The first kappa shape index (κ1) is 14.8. The first-order valence-electron chi connectivity index (χ1n) is 5.47. The normalized spacial score (nSPS) is 17.1. The summed E-state index contributed by atoms with van der Waals surface area (Å²) in [6.45, 7) is 1.91. The van der Waals surface area contributed by atoms with Gasteiger partial charge in [-0.15, -0.1) is 0 Å². The summed E-state index contributed by atoms with van der Waals surface area (Å²) in [5.41, 5.74) is -0.127. The molecule has 19 heavy (non-hydrogen) atoms. The van der Waals surface area contributed by atoms with Gasteiger partial charge in [-0.05, 0) is 47.8 Å². The zero-order valence-electron chi connectivity index (χ0n) is 10.0. The van der Waals surface area contributed by atoms with Crippen molar-refractivity contribution in [2.75, 3.05) is 0 Å². The van der Waals surface area contributed by atoms with Crippen LogP contribution in [0.4, 0.5) is 0 Å². The van der Waals surface area contributed by atoms with Gasteiger partial charge < -0.3 is 5.32 Å². The smallest absolute Gasteiger partial charge is 0.253 e. The number of hydrogen-bond acceptors (Lipinski definition) is 3. The van der Waals surface area contributed by atoms with E-state index in [-0.39, 0.29) is 21.0 Å². The largest absolute Gasteiger partial charge is 0.347 e. The van der Waals surface area contributed by atoms with Crippen molar-refractivity contribution < 1.29 is 13.2 Å². The number of benzene rings is 1. The summed E-state index contributed by atoms with van der Waals surface area (Å²) in [4.78, 5) is 11.9. The second kappa shape index (κ2) is 4.73. The molecule has 0 aliphatic heterocycles. The topological polar surface area (TPSA) is 89.3 Å². The highest BCUT2D eigenvalue weighted by molar-refractivity contribution is 9.10. The summed E-state index contributed by atoms with van der Waals surface area (Å²) < 4.78 is 23.0. The molecule has 1 saturated carbocycles. The summed E-state index contributed by atoms with van der Waals surface area (Å²) in [6, 6.07) is 2.46. The molecule has 8 heteroatoms. The molecule has 1 aliphatic carbocycles. The molecule has 3 N–H and O–H groups in total. The van der Waals surface area contributed by atoms with Gasteiger partial charge in [0.2, 0.25) is 10.0 Å². The molecule has 0 spiro atoms. The van der Waals surface area contributed by atoms with Crippen LogP contribution in [-0.2, 0) is 10.0 Å². The third kappa shape index (κ3) is 3.28. The van der Waals surface area contributed by atoms with Crippen molar-refractivity contribution in [3.05, 3.63) is 27.2 Å². The molecule has 5 nitrogen and oxygen atoms in total. The number of carbonyl (C=O) groups is 1. The van der Waals surface area contributed by atoms with Crippen LogP contribution in [0.1, 0.15) is 30.1 Å². The van der Waals surface area contributed by atoms with Crippen molar-refractivity contribution in [3.63, 3.8) is 0 Å². The van der Waals surface area contributed by atoms with Crippen LogP contribution >= 0.6 is 27.5 Å². The molecule has 2 rings (SSSR count). The molecule has 1 aromatic carbocycles. The van der Waals surface area contributed by atoms with E-state index in [2.05, 4.69) is 21.2 Å². The van der Waals surface area contributed by atoms with Crippen LogP contribution in [0.25, 0.3) is 0 Å². The number of rotatable bonds is 3. The summed E-state index contributed by atoms with van der Waals surface area (Å²) in [6.07, 6.45) is 1.79. The van der Waals surface area contributed by atoms with E-state index in [1.54, 1.807) is 0 Å². The van der Waals surface area contributed by atoms with E-state index in [0.29, 0.717) is 4.47 Å². The third-order valence-corrected chi connectivity index (χ3v) is 5.14. The van der Waals surface area contributed by atoms with Gasteiger partial charge in [0.25, 0.3) is 5.91 Å². The van der Waals surface area contributed by atoms with Gasteiger partial charge in [-0.1, -0.05) is 11.6 Å². The minimum absolute atomic E-state index is 0.0909. The van der Waals surface area contributed by atoms with Gasteiger partial charge >= 0.3 is 0 Å². The van der Waals surface area contributed by atoms with Crippen molar-refractivity contribution in [3.8, 4) is 0 Å². The Hall–Kier alpha value is -0.630. The molecule has 0 radical (unpaired) electrons. The van der Waals surface area contributed by atoms with Gasteiger partial charge in [-0.3, -0.25) is 4.79 Å². The average molecular weight is 368 g/mol. The number of hydrogen-bond donors (Lipinski definition) is 2. The van der Waals surface area contributed by atoms with E-state index in [4.69, 9.17) is 16.7 Å². The van der Waals surface area contributed by atoms with Gasteiger partial charge in [-0.25, -0.2) is 13.6 Å². The highest BCUT2D eigenvalue weighted by Gasteiger charge is 2.39. The fourth-order valence-corrected chi connectivity index (χ4v) is 2.92. The molecule has 0 heterocycles. The fourth-order valence-electron chi connectivity index (χ4n) is 1.55. The predicted molar refractivity (Wildman–Crippen MR) is 75.6 cm³/mol. The standard InChI is InChI=1S/C11H12BrClN2O3S/c1-11(2-3-11)15-10(16)7-4-6(19(14,17)18)5-8(12)9(7)13/h4-5H,2-3H2,1H3,(H,15,16)(H2,14,17,18). The van der Waals surface area contributed by atoms with E-state index in [9.17, 15) is 13.2 Å². The van der Waals surface area contributed by atoms with Crippen molar-refractivity contribution in [2.45, 2.75) is 30.2 Å². The number of halogens is 2. The highest BCUT2D eigenvalue weighted by atomic mass is 79.9. The zero-order chi connectivity index (χ0) is 14.4. The first-order valence-corrected chi connectivity index (χ1v) is 8.18. The molecule has 0 atom stereocenters. The molecule has 104 valence electrons. The lowest BCUT2D eigenvalue weighted by molar-refractivity contribution is 0.0935. The van der Waals surface area contributed by atoms with Crippen molar-refractivity contribution in [2.24, 2.45) is 5.14 Å². The van der Waals surface area contributed by atoms with Crippen molar-refractivity contribution in [1.82, 2.24) is 5.32 Å². The third-order valence-electron chi connectivity index (χ3n) is 2.99. The van der Waals surface area contributed by atoms with Crippen LogP contribution in [0.3, 0.4) is 0 Å². The highest BCUT2D eigenvalue weighted by Crippen LogP contribution is 2.36. The van der Waals surface area contributed by atoms with Crippen LogP contribution in [0, 0.1) is 0 Å². The average Bonchev–Trinajstić information content (AvgIpc) is 2.98. The van der Waals surface area contributed by atoms with Crippen LogP contribution in [0.15, 0.2) is 21.5 Å². The monoisotopic (exact) mass is 366 g/mol.